The molecule has 0 aliphatic heterocycles. The van der Waals surface area contributed by atoms with Gasteiger partial charge in [0.25, 0.3) is 0 Å². The lowest BCUT2D eigenvalue weighted by atomic mass is 10.0. The van der Waals surface area contributed by atoms with Gasteiger partial charge in [-0.05, 0) is 59.3 Å². The first-order chi connectivity index (χ1) is 8.13. The highest BCUT2D eigenvalue weighted by Gasteiger charge is 2.16. The summed E-state index contributed by atoms with van der Waals surface area (Å²) in [4.78, 5) is 11.7. The van der Waals surface area contributed by atoms with Gasteiger partial charge < -0.3 is 9.15 Å². The Bertz CT molecular complexity index is 544. The summed E-state index contributed by atoms with van der Waals surface area (Å²) in [5.41, 5.74) is 2.39. The largest absolute Gasteiger partial charge is 0.465 e. The minimum absolute atomic E-state index is 0.352. The van der Waals surface area contributed by atoms with E-state index in [0.717, 1.165) is 14.7 Å². The van der Waals surface area contributed by atoms with Crippen LogP contribution in [-0.4, -0.2) is 13.1 Å². The molecule has 1 aromatic heterocycles. The van der Waals surface area contributed by atoms with Crippen LogP contribution in [0.25, 0.3) is 11.3 Å². The Morgan fingerprint density at radius 3 is 2.76 bits per heavy atom. The van der Waals surface area contributed by atoms with E-state index >= 15 is 0 Å². The molecule has 0 aliphatic rings. The van der Waals surface area contributed by atoms with Crippen molar-refractivity contribution < 1.29 is 13.9 Å². The first-order valence-corrected chi connectivity index (χ1v) is 6.13. The van der Waals surface area contributed by atoms with Crippen LogP contribution in [0.1, 0.15) is 15.9 Å². The van der Waals surface area contributed by atoms with Gasteiger partial charge in [0.1, 0.15) is 5.76 Å². The number of benzene rings is 1. The van der Waals surface area contributed by atoms with Gasteiger partial charge in [-0.2, -0.15) is 0 Å². The van der Waals surface area contributed by atoms with Gasteiger partial charge in [-0.25, -0.2) is 4.79 Å². The Kier molecular flexibility index (Phi) is 3.51. The van der Waals surface area contributed by atoms with E-state index in [2.05, 4.69) is 22.6 Å². The molecule has 4 heteroatoms. The number of hydrogen-bond donors (Lipinski definition) is 0. The highest BCUT2D eigenvalue weighted by molar-refractivity contribution is 14.1. The molecular formula is C13H11IO3. The van der Waals surface area contributed by atoms with Crippen molar-refractivity contribution in [1.82, 2.24) is 0 Å². The van der Waals surface area contributed by atoms with Crippen molar-refractivity contribution in [3.05, 3.63) is 45.2 Å². The summed E-state index contributed by atoms with van der Waals surface area (Å²) < 4.78 is 11.2. The smallest absolute Gasteiger partial charge is 0.338 e. The topological polar surface area (TPSA) is 39.4 Å². The molecule has 17 heavy (non-hydrogen) atoms. The molecule has 0 radical (unpaired) electrons. The van der Waals surface area contributed by atoms with Crippen molar-refractivity contribution in [2.24, 2.45) is 0 Å². The van der Waals surface area contributed by atoms with Crippen LogP contribution in [0.3, 0.4) is 0 Å². The third-order valence-corrected chi connectivity index (χ3v) is 3.65. The van der Waals surface area contributed by atoms with Crippen LogP contribution >= 0.6 is 22.6 Å². The van der Waals surface area contributed by atoms with Crippen LogP contribution in [0.5, 0.6) is 0 Å². The minimum Gasteiger partial charge on any atom is -0.465 e. The fraction of sp³-hybridized carbons (Fsp3) is 0.154. The Morgan fingerprint density at radius 1 is 1.41 bits per heavy atom. The number of aryl methyl sites for hydroxylation is 1. The van der Waals surface area contributed by atoms with Gasteiger partial charge in [0.05, 0.1) is 18.9 Å². The molecule has 0 N–H and O–H groups in total. The molecule has 0 fully saturated rings. The Hall–Kier alpha value is -1.30. The molecule has 0 saturated heterocycles. The van der Waals surface area contributed by atoms with Gasteiger partial charge >= 0.3 is 5.97 Å². The lowest BCUT2D eigenvalue weighted by Crippen LogP contribution is -2.04. The quantitative estimate of drug-likeness (QED) is 0.618. The van der Waals surface area contributed by atoms with E-state index < -0.39 is 0 Å². The molecule has 0 amide bonds. The summed E-state index contributed by atoms with van der Waals surface area (Å²) in [6.45, 7) is 2.00. The van der Waals surface area contributed by atoms with E-state index in [9.17, 15) is 4.79 Å². The maximum Gasteiger partial charge on any atom is 0.338 e. The molecule has 0 bridgehead atoms. The van der Waals surface area contributed by atoms with E-state index in [1.807, 2.05) is 25.1 Å². The van der Waals surface area contributed by atoms with Gasteiger partial charge in [0.15, 0.2) is 0 Å². The average molecular weight is 342 g/mol. The van der Waals surface area contributed by atoms with Crippen molar-refractivity contribution >= 4 is 28.6 Å². The summed E-state index contributed by atoms with van der Waals surface area (Å²) in [6.07, 6.45) is 1.59. The third kappa shape index (κ3) is 2.36. The number of hydrogen-bond acceptors (Lipinski definition) is 3. The number of ether oxygens (including phenoxy) is 1. The summed E-state index contributed by atoms with van der Waals surface area (Å²) in [5.74, 6) is 0.319. The van der Waals surface area contributed by atoms with Gasteiger partial charge in [-0.15, -0.1) is 0 Å². The minimum atomic E-state index is -0.352. The van der Waals surface area contributed by atoms with Crippen molar-refractivity contribution in [2.45, 2.75) is 6.92 Å². The molecule has 2 rings (SSSR count). The normalized spacial score (nSPS) is 10.3. The van der Waals surface area contributed by atoms with Gasteiger partial charge in [0.2, 0.25) is 0 Å². The number of carbonyl (C=O) groups excluding carboxylic acids is 1. The first-order valence-electron chi connectivity index (χ1n) is 5.06. The molecule has 0 spiro atoms. The van der Waals surface area contributed by atoms with Crippen molar-refractivity contribution in [3.8, 4) is 11.3 Å². The van der Waals surface area contributed by atoms with E-state index in [0.29, 0.717) is 11.3 Å². The second-order valence-corrected chi connectivity index (χ2v) is 4.78. The summed E-state index contributed by atoms with van der Waals surface area (Å²) >= 11 is 2.20. The monoisotopic (exact) mass is 342 g/mol. The average Bonchev–Trinajstić information content (AvgIpc) is 2.84. The molecular weight excluding hydrogens is 331 g/mol. The molecule has 0 unspecified atom stereocenters. The van der Waals surface area contributed by atoms with Crippen molar-refractivity contribution in [3.63, 3.8) is 0 Å². The van der Waals surface area contributed by atoms with Crippen LogP contribution in [0, 0.1) is 10.5 Å². The lowest BCUT2D eigenvalue weighted by Gasteiger charge is -2.08. The van der Waals surface area contributed by atoms with E-state index in [4.69, 9.17) is 9.15 Å². The van der Waals surface area contributed by atoms with E-state index in [1.165, 1.54) is 7.11 Å². The molecule has 1 heterocycles. The second-order valence-electron chi connectivity index (χ2n) is 3.62. The van der Waals surface area contributed by atoms with Crippen molar-refractivity contribution in [1.29, 1.82) is 0 Å². The van der Waals surface area contributed by atoms with Crippen LogP contribution in [0.4, 0.5) is 0 Å². The van der Waals surface area contributed by atoms with E-state index in [-0.39, 0.29) is 5.97 Å². The van der Waals surface area contributed by atoms with Crippen LogP contribution in [-0.2, 0) is 4.74 Å². The Balaban J connectivity index is 2.64. The maximum absolute atomic E-state index is 11.7. The second kappa shape index (κ2) is 4.91. The fourth-order valence-corrected chi connectivity index (χ4v) is 2.06. The predicted molar refractivity (Wildman–Crippen MR) is 72.9 cm³/mol. The molecule has 2 aromatic rings. The molecule has 3 nitrogen and oxygen atoms in total. The highest BCUT2D eigenvalue weighted by Crippen LogP contribution is 2.28. The number of carbonyl (C=O) groups is 1. The van der Waals surface area contributed by atoms with Crippen LogP contribution in [0.15, 0.2) is 34.9 Å². The molecule has 0 atom stereocenters. The maximum atomic E-state index is 11.7. The molecule has 1 aromatic carbocycles. The zero-order valence-electron chi connectivity index (χ0n) is 9.49. The number of furan rings is 1. The molecule has 88 valence electrons. The first kappa shape index (κ1) is 12.2. The summed E-state index contributed by atoms with van der Waals surface area (Å²) in [5, 5.41) is 0. The van der Waals surface area contributed by atoms with E-state index in [1.54, 1.807) is 12.3 Å². The fourth-order valence-electron chi connectivity index (χ4n) is 1.60. The number of rotatable bonds is 2. The summed E-state index contributed by atoms with van der Waals surface area (Å²) in [6, 6.07) is 7.38. The number of esters is 1. The van der Waals surface area contributed by atoms with Crippen LogP contribution < -0.4 is 0 Å². The Morgan fingerprint density at radius 2 is 2.18 bits per heavy atom. The molecule has 0 saturated carbocycles. The number of methoxy groups -OCH3 is 1. The van der Waals surface area contributed by atoms with Crippen molar-refractivity contribution in [2.75, 3.05) is 7.11 Å². The highest BCUT2D eigenvalue weighted by atomic mass is 127. The third-order valence-electron chi connectivity index (χ3n) is 2.49. The van der Waals surface area contributed by atoms with Crippen LogP contribution in [0.2, 0.25) is 0 Å². The molecule has 0 aliphatic carbocycles. The zero-order valence-corrected chi connectivity index (χ0v) is 11.6. The van der Waals surface area contributed by atoms with Gasteiger partial charge in [0, 0.05) is 9.13 Å². The lowest BCUT2D eigenvalue weighted by molar-refractivity contribution is 0.0601. The number of halogens is 1. The summed E-state index contributed by atoms with van der Waals surface area (Å²) in [7, 11) is 1.38. The zero-order chi connectivity index (χ0) is 12.4. The Labute approximate surface area is 113 Å². The SMILES string of the molecule is COC(=O)c1cc(I)c(C)cc1-c1ccco1. The standard InChI is InChI=1S/C13H11IO3/c1-8-6-9(12-4-3-5-17-12)10(7-11(8)14)13(15)16-2/h3-7H,1-2H3. The predicted octanol–water partition coefficient (Wildman–Crippen LogP) is 3.65. The van der Waals surface area contributed by atoms with Gasteiger partial charge in [-0.3, -0.25) is 0 Å². The van der Waals surface area contributed by atoms with Gasteiger partial charge in [-0.1, -0.05) is 0 Å².